The summed E-state index contributed by atoms with van der Waals surface area (Å²) in [4.78, 5) is 8.76. The number of aromatic nitrogens is 2. The van der Waals surface area contributed by atoms with Crippen LogP contribution in [0.5, 0.6) is 0 Å². The van der Waals surface area contributed by atoms with Crippen molar-refractivity contribution < 1.29 is 0 Å². The highest BCUT2D eigenvalue weighted by atomic mass is 15.0. The van der Waals surface area contributed by atoms with E-state index in [1.54, 1.807) is 6.20 Å². The normalized spacial score (nSPS) is 20.6. The molecule has 1 heterocycles. The first-order valence-electron chi connectivity index (χ1n) is 7.25. The molecule has 1 aromatic heterocycles. The van der Waals surface area contributed by atoms with Crippen molar-refractivity contribution in [3.8, 4) is 0 Å². The number of hydrogen-bond donors (Lipinski definition) is 1. The van der Waals surface area contributed by atoms with E-state index < -0.39 is 0 Å². The summed E-state index contributed by atoms with van der Waals surface area (Å²) in [5, 5.41) is 3.69. The topological polar surface area (TPSA) is 37.8 Å². The predicted molar refractivity (Wildman–Crippen MR) is 74.3 cm³/mol. The van der Waals surface area contributed by atoms with Gasteiger partial charge in [0.05, 0.1) is 11.7 Å². The third-order valence-corrected chi connectivity index (χ3v) is 4.17. The SMILES string of the molecule is CCCNC(c1cnccn1)C1(C)CCCCC1. The fourth-order valence-corrected chi connectivity index (χ4v) is 3.10. The average Bonchev–Trinajstić information content (AvgIpc) is 2.41. The lowest BCUT2D eigenvalue weighted by Gasteiger charge is -2.41. The highest BCUT2D eigenvalue weighted by Crippen LogP contribution is 2.44. The summed E-state index contributed by atoms with van der Waals surface area (Å²) in [7, 11) is 0. The molecule has 0 saturated heterocycles. The lowest BCUT2D eigenvalue weighted by molar-refractivity contribution is 0.142. The molecule has 0 spiro atoms. The maximum atomic E-state index is 4.53. The molecule has 18 heavy (non-hydrogen) atoms. The van der Waals surface area contributed by atoms with Gasteiger partial charge in [0.1, 0.15) is 0 Å². The van der Waals surface area contributed by atoms with E-state index in [9.17, 15) is 0 Å². The van der Waals surface area contributed by atoms with Gasteiger partial charge in [-0.2, -0.15) is 0 Å². The molecule has 2 rings (SSSR count). The zero-order chi connectivity index (χ0) is 12.8. The summed E-state index contributed by atoms with van der Waals surface area (Å²) in [6, 6.07) is 0.353. The number of hydrogen-bond acceptors (Lipinski definition) is 3. The van der Waals surface area contributed by atoms with Crippen molar-refractivity contribution in [3.63, 3.8) is 0 Å². The summed E-state index contributed by atoms with van der Waals surface area (Å²) in [6.45, 7) is 5.68. The van der Waals surface area contributed by atoms with Crippen molar-refractivity contribution in [2.45, 2.75) is 58.4 Å². The third kappa shape index (κ3) is 3.08. The highest BCUT2D eigenvalue weighted by molar-refractivity contribution is 5.08. The monoisotopic (exact) mass is 247 g/mol. The summed E-state index contributed by atoms with van der Waals surface area (Å²) < 4.78 is 0. The van der Waals surface area contributed by atoms with Crippen molar-refractivity contribution in [1.29, 1.82) is 0 Å². The van der Waals surface area contributed by atoms with E-state index in [0.717, 1.165) is 18.7 Å². The van der Waals surface area contributed by atoms with Gasteiger partial charge in [-0.3, -0.25) is 9.97 Å². The minimum absolute atomic E-state index is 0.337. The Morgan fingerprint density at radius 1 is 1.28 bits per heavy atom. The van der Waals surface area contributed by atoms with Crippen LogP contribution in [0.3, 0.4) is 0 Å². The third-order valence-electron chi connectivity index (χ3n) is 4.17. The molecule has 3 heteroatoms. The maximum Gasteiger partial charge on any atom is 0.0761 e. The lowest BCUT2D eigenvalue weighted by atomic mass is 9.69. The van der Waals surface area contributed by atoms with Crippen LogP contribution in [-0.4, -0.2) is 16.5 Å². The van der Waals surface area contributed by atoms with Crippen molar-refractivity contribution >= 4 is 0 Å². The van der Waals surface area contributed by atoms with E-state index in [0.29, 0.717) is 11.5 Å². The molecule has 1 aliphatic rings. The summed E-state index contributed by atoms with van der Waals surface area (Å²) >= 11 is 0. The number of nitrogens with zero attached hydrogens (tertiary/aromatic N) is 2. The fourth-order valence-electron chi connectivity index (χ4n) is 3.10. The van der Waals surface area contributed by atoms with Gasteiger partial charge >= 0.3 is 0 Å². The van der Waals surface area contributed by atoms with Gasteiger partial charge < -0.3 is 5.32 Å². The predicted octanol–water partition coefficient (Wildman–Crippen LogP) is 3.49. The Hall–Kier alpha value is -0.960. The van der Waals surface area contributed by atoms with Crippen LogP contribution in [0.4, 0.5) is 0 Å². The number of rotatable bonds is 5. The second kappa shape index (κ2) is 6.28. The lowest BCUT2D eigenvalue weighted by Crippen LogP contribution is -2.38. The Balaban J connectivity index is 2.18. The molecule has 0 bridgehead atoms. The number of nitrogens with one attached hydrogen (secondary N) is 1. The molecule has 1 atom stereocenters. The summed E-state index contributed by atoms with van der Waals surface area (Å²) in [5.74, 6) is 0. The van der Waals surface area contributed by atoms with E-state index >= 15 is 0 Å². The van der Waals surface area contributed by atoms with Crippen LogP contribution in [0, 0.1) is 5.41 Å². The van der Waals surface area contributed by atoms with Gasteiger partial charge in [-0.1, -0.05) is 33.1 Å². The van der Waals surface area contributed by atoms with E-state index in [4.69, 9.17) is 0 Å². The maximum absolute atomic E-state index is 4.53. The molecule has 100 valence electrons. The standard InChI is InChI=1S/C15H25N3/c1-3-9-18-14(13-12-16-10-11-17-13)15(2)7-5-4-6-8-15/h10-12,14,18H,3-9H2,1-2H3. The van der Waals surface area contributed by atoms with Gasteiger partial charge in [0.25, 0.3) is 0 Å². The second-order valence-electron chi connectivity index (χ2n) is 5.73. The van der Waals surface area contributed by atoms with Crippen LogP contribution >= 0.6 is 0 Å². The van der Waals surface area contributed by atoms with Crippen LogP contribution in [0.1, 0.15) is 64.1 Å². The minimum atomic E-state index is 0.337. The molecule has 1 aliphatic carbocycles. The smallest absolute Gasteiger partial charge is 0.0761 e. The molecular formula is C15H25N3. The fraction of sp³-hybridized carbons (Fsp3) is 0.733. The first kappa shape index (κ1) is 13.5. The molecule has 1 N–H and O–H groups in total. The Morgan fingerprint density at radius 2 is 2.06 bits per heavy atom. The van der Waals surface area contributed by atoms with Crippen LogP contribution in [0.15, 0.2) is 18.6 Å². The van der Waals surface area contributed by atoms with Crippen molar-refractivity contribution in [2.75, 3.05) is 6.54 Å². The van der Waals surface area contributed by atoms with E-state index in [1.165, 1.54) is 32.1 Å². The molecule has 1 aromatic rings. The molecule has 3 nitrogen and oxygen atoms in total. The average molecular weight is 247 g/mol. The van der Waals surface area contributed by atoms with E-state index in [-0.39, 0.29) is 0 Å². The second-order valence-corrected chi connectivity index (χ2v) is 5.73. The van der Waals surface area contributed by atoms with Crippen molar-refractivity contribution in [2.24, 2.45) is 5.41 Å². The summed E-state index contributed by atoms with van der Waals surface area (Å²) in [6.07, 6.45) is 13.3. The first-order chi connectivity index (χ1) is 8.76. The van der Waals surface area contributed by atoms with Crippen LogP contribution in [0.2, 0.25) is 0 Å². The van der Waals surface area contributed by atoms with Gasteiger partial charge in [0.15, 0.2) is 0 Å². The Morgan fingerprint density at radius 3 is 2.67 bits per heavy atom. The largest absolute Gasteiger partial charge is 0.308 e. The van der Waals surface area contributed by atoms with Gasteiger partial charge in [0.2, 0.25) is 0 Å². The first-order valence-corrected chi connectivity index (χ1v) is 7.25. The van der Waals surface area contributed by atoms with Crippen molar-refractivity contribution in [3.05, 3.63) is 24.3 Å². The molecule has 1 saturated carbocycles. The summed E-state index contributed by atoms with van der Waals surface area (Å²) in [5.41, 5.74) is 1.44. The van der Waals surface area contributed by atoms with Crippen LogP contribution in [0.25, 0.3) is 0 Å². The zero-order valence-corrected chi connectivity index (χ0v) is 11.7. The Kier molecular flexibility index (Phi) is 4.70. The van der Waals surface area contributed by atoms with Gasteiger partial charge in [-0.05, 0) is 31.2 Å². The minimum Gasteiger partial charge on any atom is -0.308 e. The molecule has 1 fully saturated rings. The molecule has 0 amide bonds. The quantitative estimate of drug-likeness (QED) is 0.865. The molecule has 1 unspecified atom stereocenters. The van der Waals surface area contributed by atoms with E-state index in [1.807, 2.05) is 12.4 Å². The molecule has 0 aromatic carbocycles. The molecular weight excluding hydrogens is 222 g/mol. The molecule has 0 radical (unpaired) electrons. The Labute approximate surface area is 110 Å². The Bertz CT molecular complexity index is 344. The van der Waals surface area contributed by atoms with Crippen LogP contribution in [-0.2, 0) is 0 Å². The van der Waals surface area contributed by atoms with Gasteiger partial charge in [-0.25, -0.2) is 0 Å². The van der Waals surface area contributed by atoms with Crippen LogP contribution < -0.4 is 5.32 Å². The van der Waals surface area contributed by atoms with E-state index in [2.05, 4.69) is 29.1 Å². The molecule has 0 aliphatic heterocycles. The highest BCUT2D eigenvalue weighted by Gasteiger charge is 2.36. The van der Waals surface area contributed by atoms with Gasteiger partial charge in [0, 0.05) is 18.6 Å². The van der Waals surface area contributed by atoms with Gasteiger partial charge in [-0.15, -0.1) is 0 Å². The zero-order valence-electron chi connectivity index (χ0n) is 11.7. The van der Waals surface area contributed by atoms with Crippen molar-refractivity contribution in [1.82, 2.24) is 15.3 Å².